The van der Waals surface area contributed by atoms with Crippen LogP contribution in [0.2, 0.25) is 0 Å². The van der Waals surface area contributed by atoms with Crippen molar-refractivity contribution in [2.45, 2.75) is 51.5 Å². The lowest BCUT2D eigenvalue weighted by molar-refractivity contribution is -0.133. The molecule has 0 aromatic heterocycles. The SMILES string of the molecule is CCC(CC)c1ccc(NC2CCC(=O)NC2=O)cc1. The van der Waals surface area contributed by atoms with Crippen molar-refractivity contribution in [3.05, 3.63) is 29.8 Å². The van der Waals surface area contributed by atoms with Crippen LogP contribution in [0.15, 0.2) is 24.3 Å². The third-order valence-corrected chi connectivity index (χ3v) is 3.95. The Bertz CT molecular complexity index is 478. The van der Waals surface area contributed by atoms with Crippen molar-refractivity contribution < 1.29 is 9.59 Å². The molecule has 1 aromatic carbocycles. The first kappa shape index (κ1) is 14.6. The van der Waals surface area contributed by atoms with Gasteiger partial charge in [-0.2, -0.15) is 0 Å². The Morgan fingerprint density at radius 2 is 1.85 bits per heavy atom. The number of carbonyl (C=O) groups excluding carboxylic acids is 2. The van der Waals surface area contributed by atoms with Crippen molar-refractivity contribution in [1.29, 1.82) is 0 Å². The van der Waals surface area contributed by atoms with E-state index in [2.05, 4.69) is 36.6 Å². The molecule has 1 unspecified atom stereocenters. The predicted octanol–water partition coefficient (Wildman–Crippen LogP) is 2.81. The molecule has 108 valence electrons. The molecule has 1 saturated heterocycles. The maximum absolute atomic E-state index is 11.7. The van der Waals surface area contributed by atoms with E-state index in [1.165, 1.54) is 5.56 Å². The maximum atomic E-state index is 11.7. The number of imide groups is 1. The standard InChI is InChI=1S/C16H22N2O2/c1-3-11(4-2)12-5-7-13(8-6-12)17-14-9-10-15(19)18-16(14)20/h5-8,11,14,17H,3-4,9-10H2,1-2H3,(H,18,19,20). The Balaban J connectivity index is 2.00. The average Bonchev–Trinajstić information content (AvgIpc) is 2.45. The maximum Gasteiger partial charge on any atom is 0.249 e. The van der Waals surface area contributed by atoms with Crippen LogP contribution in [0.25, 0.3) is 0 Å². The van der Waals surface area contributed by atoms with E-state index < -0.39 is 0 Å². The zero-order chi connectivity index (χ0) is 14.5. The summed E-state index contributed by atoms with van der Waals surface area (Å²) in [7, 11) is 0. The van der Waals surface area contributed by atoms with Crippen LogP contribution in [0, 0.1) is 0 Å². The highest BCUT2D eigenvalue weighted by atomic mass is 16.2. The van der Waals surface area contributed by atoms with Crippen molar-refractivity contribution in [2.75, 3.05) is 5.32 Å². The highest BCUT2D eigenvalue weighted by Gasteiger charge is 2.26. The molecule has 1 atom stereocenters. The summed E-state index contributed by atoms with van der Waals surface area (Å²) in [6.07, 6.45) is 3.22. The van der Waals surface area contributed by atoms with Gasteiger partial charge >= 0.3 is 0 Å². The van der Waals surface area contributed by atoms with Crippen molar-refractivity contribution >= 4 is 17.5 Å². The van der Waals surface area contributed by atoms with Crippen LogP contribution < -0.4 is 10.6 Å². The number of amides is 2. The molecule has 1 aromatic rings. The van der Waals surface area contributed by atoms with Gasteiger partial charge in [-0.3, -0.25) is 14.9 Å². The van der Waals surface area contributed by atoms with Crippen molar-refractivity contribution in [3.8, 4) is 0 Å². The zero-order valence-electron chi connectivity index (χ0n) is 12.1. The normalized spacial score (nSPS) is 19.1. The van der Waals surface area contributed by atoms with E-state index in [-0.39, 0.29) is 17.9 Å². The highest BCUT2D eigenvalue weighted by Crippen LogP contribution is 2.24. The summed E-state index contributed by atoms with van der Waals surface area (Å²) in [6, 6.07) is 7.94. The Labute approximate surface area is 119 Å². The molecule has 2 N–H and O–H groups in total. The second-order valence-electron chi connectivity index (χ2n) is 5.28. The fraction of sp³-hybridized carbons (Fsp3) is 0.500. The van der Waals surface area contributed by atoms with Gasteiger partial charge < -0.3 is 5.32 Å². The summed E-state index contributed by atoms with van der Waals surface area (Å²) in [5.74, 6) is 0.183. The van der Waals surface area contributed by atoms with Gasteiger partial charge in [-0.1, -0.05) is 26.0 Å². The highest BCUT2D eigenvalue weighted by molar-refractivity contribution is 6.01. The fourth-order valence-corrected chi connectivity index (χ4v) is 2.64. The Morgan fingerprint density at radius 1 is 1.20 bits per heavy atom. The molecule has 0 aliphatic carbocycles. The molecule has 0 spiro atoms. The second kappa shape index (κ2) is 6.55. The van der Waals surface area contributed by atoms with E-state index in [0.29, 0.717) is 18.8 Å². The molecule has 4 nitrogen and oxygen atoms in total. The van der Waals surface area contributed by atoms with Crippen LogP contribution in [0.1, 0.15) is 51.0 Å². The Kier molecular flexibility index (Phi) is 4.77. The molecule has 0 saturated carbocycles. The van der Waals surface area contributed by atoms with Gasteiger partial charge in [0, 0.05) is 12.1 Å². The van der Waals surface area contributed by atoms with E-state index in [1.807, 2.05) is 12.1 Å². The van der Waals surface area contributed by atoms with Gasteiger partial charge in [0.1, 0.15) is 6.04 Å². The molecular weight excluding hydrogens is 252 g/mol. The largest absolute Gasteiger partial charge is 0.374 e. The molecule has 20 heavy (non-hydrogen) atoms. The van der Waals surface area contributed by atoms with Crippen LogP contribution in [-0.2, 0) is 9.59 Å². The molecule has 1 fully saturated rings. The molecule has 1 heterocycles. The molecule has 0 bridgehead atoms. The zero-order valence-corrected chi connectivity index (χ0v) is 12.1. The van der Waals surface area contributed by atoms with Crippen molar-refractivity contribution in [2.24, 2.45) is 0 Å². The average molecular weight is 274 g/mol. The number of rotatable bonds is 5. The number of hydrogen-bond donors (Lipinski definition) is 2. The minimum absolute atomic E-state index is 0.183. The number of nitrogens with one attached hydrogen (secondary N) is 2. The monoisotopic (exact) mass is 274 g/mol. The Hall–Kier alpha value is -1.84. The minimum Gasteiger partial charge on any atom is -0.374 e. The third kappa shape index (κ3) is 3.38. The van der Waals surface area contributed by atoms with E-state index in [0.717, 1.165) is 18.5 Å². The predicted molar refractivity (Wildman–Crippen MR) is 79.6 cm³/mol. The van der Waals surface area contributed by atoms with Gasteiger partial charge in [0.05, 0.1) is 0 Å². The van der Waals surface area contributed by atoms with Gasteiger partial charge in [0.25, 0.3) is 0 Å². The molecule has 0 radical (unpaired) electrons. The molecule has 1 aliphatic rings. The molecule has 2 amide bonds. The molecular formula is C16H22N2O2. The van der Waals surface area contributed by atoms with Crippen LogP contribution in [0.3, 0.4) is 0 Å². The molecule has 2 rings (SSSR count). The summed E-state index contributed by atoms with van der Waals surface area (Å²) < 4.78 is 0. The first-order valence-corrected chi connectivity index (χ1v) is 7.34. The first-order chi connectivity index (χ1) is 9.63. The van der Waals surface area contributed by atoms with Crippen LogP contribution in [0.5, 0.6) is 0 Å². The van der Waals surface area contributed by atoms with Gasteiger partial charge in [0.15, 0.2) is 0 Å². The lowest BCUT2D eigenvalue weighted by Crippen LogP contribution is -2.47. The van der Waals surface area contributed by atoms with Gasteiger partial charge in [-0.25, -0.2) is 0 Å². The van der Waals surface area contributed by atoms with Crippen molar-refractivity contribution in [1.82, 2.24) is 5.32 Å². The number of piperidine rings is 1. The van der Waals surface area contributed by atoms with Gasteiger partial charge in [0.2, 0.25) is 11.8 Å². The quantitative estimate of drug-likeness (QED) is 0.812. The van der Waals surface area contributed by atoms with Crippen LogP contribution >= 0.6 is 0 Å². The fourth-order valence-electron chi connectivity index (χ4n) is 2.64. The van der Waals surface area contributed by atoms with E-state index in [4.69, 9.17) is 0 Å². The van der Waals surface area contributed by atoms with Crippen LogP contribution in [-0.4, -0.2) is 17.9 Å². The van der Waals surface area contributed by atoms with E-state index in [1.54, 1.807) is 0 Å². The minimum atomic E-state index is -0.313. The number of carbonyl (C=O) groups is 2. The summed E-state index contributed by atoms with van der Waals surface area (Å²) in [6.45, 7) is 4.40. The van der Waals surface area contributed by atoms with Crippen molar-refractivity contribution in [3.63, 3.8) is 0 Å². The van der Waals surface area contributed by atoms with E-state index >= 15 is 0 Å². The lowest BCUT2D eigenvalue weighted by Gasteiger charge is -2.23. The van der Waals surface area contributed by atoms with E-state index in [9.17, 15) is 9.59 Å². The van der Waals surface area contributed by atoms with Gasteiger partial charge in [-0.05, 0) is 42.9 Å². The topological polar surface area (TPSA) is 58.2 Å². The number of anilines is 1. The lowest BCUT2D eigenvalue weighted by atomic mass is 9.94. The number of benzene rings is 1. The van der Waals surface area contributed by atoms with Crippen LogP contribution in [0.4, 0.5) is 5.69 Å². The summed E-state index contributed by atoms with van der Waals surface area (Å²) in [5, 5.41) is 5.55. The molecule has 4 heteroatoms. The number of hydrogen-bond acceptors (Lipinski definition) is 3. The smallest absolute Gasteiger partial charge is 0.249 e. The third-order valence-electron chi connectivity index (χ3n) is 3.95. The first-order valence-electron chi connectivity index (χ1n) is 7.34. The second-order valence-corrected chi connectivity index (χ2v) is 5.28. The van der Waals surface area contributed by atoms with Gasteiger partial charge in [-0.15, -0.1) is 0 Å². The summed E-state index contributed by atoms with van der Waals surface area (Å²) in [4.78, 5) is 22.8. The Morgan fingerprint density at radius 3 is 2.40 bits per heavy atom. The summed E-state index contributed by atoms with van der Waals surface area (Å²) in [5.41, 5.74) is 2.26. The summed E-state index contributed by atoms with van der Waals surface area (Å²) >= 11 is 0. The molecule has 1 aliphatic heterocycles.